The molecule has 0 aliphatic carbocycles. The maximum atomic E-state index is 12.9. The molecule has 0 spiro atoms. The molecule has 0 radical (unpaired) electrons. The smallest absolute Gasteiger partial charge is 0.270 e. The topological polar surface area (TPSA) is 83.2 Å². The van der Waals surface area contributed by atoms with Crippen molar-refractivity contribution in [3.05, 3.63) is 56.4 Å². The first-order chi connectivity index (χ1) is 15.3. The van der Waals surface area contributed by atoms with Crippen molar-refractivity contribution in [3.63, 3.8) is 0 Å². The summed E-state index contributed by atoms with van der Waals surface area (Å²) in [5.41, 5.74) is 2.40. The molecule has 1 N–H and O–H groups in total. The standard InChI is InChI=1S/C23H23Cl2N5O2/c1-13-12-30(9-8-16(13)27-17-5-4-14(24)10-19(17)32-3)22-15(11-26)23(31)29(2)18-6-7-20(25)28-21(18)22/h4-7,10,13,16,27H,8-9,12H2,1-3H3/t13-,16+/m1/s1. The van der Waals surface area contributed by atoms with Crippen molar-refractivity contribution in [2.24, 2.45) is 13.0 Å². The molecular weight excluding hydrogens is 449 g/mol. The highest BCUT2D eigenvalue weighted by molar-refractivity contribution is 6.30. The zero-order valence-electron chi connectivity index (χ0n) is 18.0. The number of piperidine rings is 1. The Bertz CT molecular complexity index is 1280. The fourth-order valence-corrected chi connectivity index (χ4v) is 4.64. The van der Waals surface area contributed by atoms with Gasteiger partial charge in [0.2, 0.25) is 0 Å². The maximum Gasteiger partial charge on any atom is 0.270 e. The SMILES string of the molecule is COc1cc(Cl)ccc1N[C@H]1CCN(c2c(C#N)c(=O)n(C)c3ccc(Cl)nc23)C[C@H]1C. The monoisotopic (exact) mass is 471 g/mol. The summed E-state index contributed by atoms with van der Waals surface area (Å²) in [6, 6.07) is 11.2. The Morgan fingerprint density at radius 3 is 2.75 bits per heavy atom. The number of methoxy groups -OCH3 is 1. The minimum atomic E-state index is -0.335. The van der Waals surface area contributed by atoms with Crippen LogP contribution >= 0.6 is 23.2 Å². The number of anilines is 2. The normalized spacial score (nSPS) is 18.4. The number of pyridine rings is 2. The first-order valence-corrected chi connectivity index (χ1v) is 11.0. The van der Waals surface area contributed by atoms with E-state index in [4.69, 9.17) is 27.9 Å². The summed E-state index contributed by atoms with van der Waals surface area (Å²) in [4.78, 5) is 19.4. The summed E-state index contributed by atoms with van der Waals surface area (Å²) in [6.45, 7) is 3.45. The molecule has 0 bridgehead atoms. The van der Waals surface area contributed by atoms with Crippen molar-refractivity contribution in [1.82, 2.24) is 9.55 Å². The fraction of sp³-hybridized carbons (Fsp3) is 0.348. The number of nitriles is 1. The molecular formula is C23H23Cl2N5O2. The van der Waals surface area contributed by atoms with Crippen molar-refractivity contribution in [1.29, 1.82) is 5.26 Å². The lowest BCUT2D eigenvalue weighted by molar-refractivity contribution is 0.395. The van der Waals surface area contributed by atoms with Crippen LogP contribution in [-0.2, 0) is 7.05 Å². The van der Waals surface area contributed by atoms with E-state index in [2.05, 4.69) is 28.2 Å². The zero-order chi connectivity index (χ0) is 23.0. The van der Waals surface area contributed by atoms with E-state index in [9.17, 15) is 10.1 Å². The van der Waals surface area contributed by atoms with Crippen molar-refractivity contribution in [2.45, 2.75) is 19.4 Å². The number of ether oxygens (including phenoxy) is 1. The Labute approximate surface area is 196 Å². The van der Waals surface area contributed by atoms with E-state index in [1.807, 2.05) is 12.1 Å². The minimum Gasteiger partial charge on any atom is -0.495 e. The van der Waals surface area contributed by atoms with E-state index < -0.39 is 0 Å². The molecule has 0 amide bonds. The lowest BCUT2D eigenvalue weighted by Gasteiger charge is -2.39. The fourth-order valence-electron chi connectivity index (χ4n) is 4.33. The van der Waals surface area contributed by atoms with Gasteiger partial charge in [0.25, 0.3) is 5.56 Å². The van der Waals surface area contributed by atoms with Gasteiger partial charge in [-0.2, -0.15) is 5.26 Å². The van der Waals surface area contributed by atoms with Gasteiger partial charge < -0.3 is 19.5 Å². The first kappa shape index (κ1) is 22.3. The zero-order valence-corrected chi connectivity index (χ0v) is 19.5. The van der Waals surface area contributed by atoms with Crippen LogP contribution in [-0.4, -0.2) is 35.8 Å². The van der Waals surface area contributed by atoms with Gasteiger partial charge in [0.15, 0.2) is 0 Å². The number of aromatic nitrogens is 2. The van der Waals surface area contributed by atoms with Crippen molar-refractivity contribution in [3.8, 4) is 11.8 Å². The molecule has 1 aromatic carbocycles. The van der Waals surface area contributed by atoms with Gasteiger partial charge in [0.05, 0.1) is 24.0 Å². The molecule has 1 aliphatic rings. The van der Waals surface area contributed by atoms with Crippen LogP contribution < -0.4 is 20.5 Å². The third kappa shape index (κ3) is 3.96. The Hall–Kier alpha value is -2.95. The van der Waals surface area contributed by atoms with Crippen LogP contribution in [0.2, 0.25) is 10.2 Å². The van der Waals surface area contributed by atoms with Crippen LogP contribution in [0.3, 0.4) is 0 Å². The van der Waals surface area contributed by atoms with Gasteiger partial charge >= 0.3 is 0 Å². The van der Waals surface area contributed by atoms with Gasteiger partial charge in [-0.05, 0) is 36.6 Å². The second kappa shape index (κ2) is 8.89. The molecule has 2 atom stereocenters. The van der Waals surface area contributed by atoms with Gasteiger partial charge in [-0.3, -0.25) is 4.79 Å². The van der Waals surface area contributed by atoms with E-state index in [0.717, 1.165) is 12.1 Å². The molecule has 2 aromatic heterocycles. The molecule has 1 saturated heterocycles. The summed E-state index contributed by atoms with van der Waals surface area (Å²) in [7, 11) is 3.26. The maximum absolute atomic E-state index is 12.9. The average molecular weight is 472 g/mol. The van der Waals surface area contributed by atoms with Crippen LogP contribution in [0, 0.1) is 17.2 Å². The van der Waals surface area contributed by atoms with Crippen LogP contribution in [0.5, 0.6) is 5.75 Å². The first-order valence-electron chi connectivity index (χ1n) is 10.3. The molecule has 1 aliphatic heterocycles. The number of hydrogen-bond acceptors (Lipinski definition) is 6. The number of fused-ring (bicyclic) bond motifs is 1. The Morgan fingerprint density at radius 1 is 1.28 bits per heavy atom. The highest BCUT2D eigenvalue weighted by Crippen LogP contribution is 2.34. The number of benzene rings is 1. The predicted molar refractivity (Wildman–Crippen MR) is 128 cm³/mol. The van der Waals surface area contributed by atoms with Gasteiger partial charge in [0, 0.05) is 37.3 Å². The van der Waals surface area contributed by atoms with Crippen LogP contribution in [0.1, 0.15) is 18.9 Å². The summed E-state index contributed by atoms with van der Waals surface area (Å²) in [5.74, 6) is 0.907. The van der Waals surface area contributed by atoms with E-state index in [1.54, 1.807) is 32.4 Å². The Balaban J connectivity index is 1.67. The van der Waals surface area contributed by atoms with E-state index in [1.165, 1.54) is 4.57 Å². The van der Waals surface area contributed by atoms with Crippen molar-refractivity contribution in [2.75, 3.05) is 30.4 Å². The lowest BCUT2D eigenvalue weighted by Crippen LogP contribution is -2.46. The number of aryl methyl sites for hydroxylation is 1. The molecule has 0 saturated carbocycles. The van der Waals surface area contributed by atoms with Crippen LogP contribution in [0.15, 0.2) is 35.1 Å². The third-order valence-corrected chi connectivity index (χ3v) is 6.46. The molecule has 1 fully saturated rings. The van der Waals surface area contributed by atoms with Gasteiger partial charge in [-0.25, -0.2) is 4.98 Å². The summed E-state index contributed by atoms with van der Waals surface area (Å²) >= 11 is 12.2. The quantitative estimate of drug-likeness (QED) is 0.565. The van der Waals surface area contributed by atoms with E-state index in [-0.39, 0.29) is 23.1 Å². The Morgan fingerprint density at radius 2 is 2.06 bits per heavy atom. The minimum absolute atomic E-state index is 0.0905. The molecule has 3 aromatic rings. The number of nitrogens with zero attached hydrogens (tertiary/aromatic N) is 4. The highest BCUT2D eigenvalue weighted by atomic mass is 35.5. The third-order valence-electron chi connectivity index (χ3n) is 6.02. The molecule has 7 nitrogen and oxygen atoms in total. The van der Waals surface area contributed by atoms with Gasteiger partial charge in [0.1, 0.15) is 28.1 Å². The lowest BCUT2D eigenvalue weighted by atomic mass is 9.92. The summed E-state index contributed by atoms with van der Waals surface area (Å²) < 4.78 is 6.91. The molecule has 3 heterocycles. The summed E-state index contributed by atoms with van der Waals surface area (Å²) in [6.07, 6.45) is 0.801. The predicted octanol–water partition coefficient (Wildman–Crippen LogP) is 4.45. The van der Waals surface area contributed by atoms with Gasteiger partial charge in [-0.1, -0.05) is 30.1 Å². The molecule has 166 valence electrons. The van der Waals surface area contributed by atoms with Crippen molar-refractivity contribution < 1.29 is 4.74 Å². The highest BCUT2D eigenvalue weighted by Gasteiger charge is 2.30. The Kier molecular flexibility index (Phi) is 6.18. The number of halogens is 2. The second-order valence-corrected chi connectivity index (χ2v) is 8.83. The van der Waals surface area contributed by atoms with Crippen LogP contribution in [0.25, 0.3) is 11.0 Å². The number of rotatable bonds is 4. The van der Waals surface area contributed by atoms with E-state index in [0.29, 0.717) is 45.7 Å². The van der Waals surface area contributed by atoms with E-state index >= 15 is 0 Å². The number of nitrogens with one attached hydrogen (secondary N) is 1. The molecule has 32 heavy (non-hydrogen) atoms. The van der Waals surface area contributed by atoms with Gasteiger partial charge in [-0.15, -0.1) is 0 Å². The largest absolute Gasteiger partial charge is 0.495 e. The summed E-state index contributed by atoms with van der Waals surface area (Å²) in [5, 5.41) is 14.3. The van der Waals surface area contributed by atoms with Crippen molar-refractivity contribution >= 4 is 45.6 Å². The molecule has 4 rings (SSSR count). The average Bonchev–Trinajstić information content (AvgIpc) is 2.78. The molecule has 0 unspecified atom stereocenters. The molecule has 9 heteroatoms. The number of hydrogen-bond donors (Lipinski definition) is 1. The van der Waals surface area contributed by atoms with Crippen LogP contribution in [0.4, 0.5) is 11.4 Å². The second-order valence-electron chi connectivity index (χ2n) is 8.01.